The van der Waals surface area contributed by atoms with E-state index >= 15 is 0 Å². The third-order valence-electron chi connectivity index (χ3n) is 2.44. The van der Waals surface area contributed by atoms with Crippen LogP contribution in [0, 0.1) is 0 Å². The van der Waals surface area contributed by atoms with Crippen molar-refractivity contribution in [3.63, 3.8) is 0 Å². The van der Waals surface area contributed by atoms with Crippen molar-refractivity contribution >= 4 is 11.6 Å². The van der Waals surface area contributed by atoms with Gasteiger partial charge in [-0.05, 0) is 12.5 Å². The summed E-state index contributed by atoms with van der Waals surface area (Å²) in [6.45, 7) is 0.775. The van der Waals surface area contributed by atoms with Crippen LogP contribution >= 0.6 is 0 Å². The van der Waals surface area contributed by atoms with Gasteiger partial charge in [-0.2, -0.15) is 0 Å². The summed E-state index contributed by atoms with van der Waals surface area (Å²) >= 11 is 0. The number of rotatable bonds is 2. The fraction of sp³-hybridized carbons (Fsp3) is 0.333. The van der Waals surface area contributed by atoms with Gasteiger partial charge < -0.3 is 15.6 Å². The first-order valence-corrected chi connectivity index (χ1v) is 4.43. The molecule has 1 amide bonds. The average Bonchev–Trinajstić information content (AvgIpc) is 2.00. The minimum atomic E-state index is -0.337. The number of aromatic amines is 1. The van der Waals surface area contributed by atoms with Gasteiger partial charge in [-0.15, -0.1) is 0 Å². The van der Waals surface area contributed by atoms with Gasteiger partial charge in [0.05, 0.1) is 0 Å². The largest absolute Gasteiger partial charge is 0.368 e. The van der Waals surface area contributed by atoms with Gasteiger partial charge in [0.25, 0.3) is 0 Å². The Kier molecular flexibility index (Phi) is 1.99. The molecule has 1 fully saturated rings. The molecular formula is C9H11N3O2. The Morgan fingerprint density at radius 3 is 2.93 bits per heavy atom. The number of aromatic nitrogens is 1. The number of carbonyl (C=O) groups is 1. The van der Waals surface area contributed by atoms with Crippen LogP contribution in [-0.4, -0.2) is 23.5 Å². The number of H-pyrrole nitrogens is 1. The number of amides is 1. The number of hydrogen-bond donors (Lipinski definition) is 2. The van der Waals surface area contributed by atoms with Crippen molar-refractivity contribution in [1.82, 2.24) is 4.98 Å². The Balaban J connectivity index is 2.24. The quantitative estimate of drug-likeness (QED) is 0.660. The molecule has 5 heteroatoms. The molecule has 1 aliphatic rings. The maximum atomic E-state index is 11.0. The van der Waals surface area contributed by atoms with Gasteiger partial charge in [0.2, 0.25) is 11.5 Å². The van der Waals surface area contributed by atoms with E-state index < -0.39 is 0 Å². The maximum Gasteiger partial charge on any atom is 0.249 e. The van der Waals surface area contributed by atoms with Crippen LogP contribution in [0.4, 0.5) is 5.69 Å². The predicted octanol–water partition coefficient (Wildman–Crippen LogP) is -0.561. The Morgan fingerprint density at radius 2 is 2.43 bits per heavy atom. The van der Waals surface area contributed by atoms with Crippen LogP contribution < -0.4 is 16.2 Å². The van der Waals surface area contributed by atoms with Gasteiger partial charge in [-0.25, -0.2) is 0 Å². The number of nitrogens with one attached hydrogen (secondary N) is 1. The second-order valence-electron chi connectivity index (χ2n) is 3.31. The van der Waals surface area contributed by atoms with Crippen molar-refractivity contribution in [3.8, 4) is 0 Å². The Labute approximate surface area is 80.5 Å². The molecule has 0 radical (unpaired) electrons. The summed E-state index contributed by atoms with van der Waals surface area (Å²) in [5, 5.41) is 0. The monoisotopic (exact) mass is 193 g/mol. The molecule has 0 saturated carbocycles. The maximum absolute atomic E-state index is 11.0. The molecule has 1 saturated heterocycles. The van der Waals surface area contributed by atoms with Crippen molar-refractivity contribution < 1.29 is 4.79 Å². The molecular weight excluding hydrogens is 182 g/mol. The fourth-order valence-corrected chi connectivity index (χ4v) is 1.60. The first kappa shape index (κ1) is 8.80. The molecule has 2 heterocycles. The molecule has 1 unspecified atom stereocenters. The molecule has 5 nitrogen and oxygen atoms in total. The van der Waals surface area contributed by atoms with Gasteiger partial charge in [0.15, 0.2) is 0 Å². The lowest BCUT2D eigenvalue weighted by atomic mass is 10.0. The van der Waals surface area contributed by atoms with Gasteiger partial charge in [-0.3, -0.25) is 9.59 Å². The molecule has 1 aromatic rings. The van der Waals surface area contributed by atoms with Crippen LogP contribution in [0.5, 0.6) is 0 Å². The van der Waals surface area contributed by atoms with Crippen LogP contribution in [0.2, 0.25) is 0 Å². The number of nitrogens with two attached hydrogens (primary N) is 1. The fourth-order valence-electron chi connectivity index (χ4n) is 1.60. The summed E-state index contributed by atoms with van der Waals surface area (Å²) in [6.07, 6.45) is 2.33. The van der Waals surface area contributed by atoms with E-state index in [1.165, 1.54) is 6.07 Å². The summed E-state index contributed by atoms with van der Waals surface area (Å²) in [7, 11) is 0. The molecule has 74 valence electrons. The minimum Gasteiger partial charge on any atom is -0.368 e. The van der Waals surface area contributed by atoms with Crippen molar-refractivity contribution in [2.75, 3.05) is 11.4 Å². The van der Waals surface area contributed by atoms with Crippen molar-refractivity contribution in [3.05, 3.63) is 28.7 Å². The standard InChI is InChI=1S/C9H11N3O2/c10-9(14)7-2-4-12(7)6-1-3-11-8(13)5-6/h1,3,5,7H,2,4H2,(H2,10,14)(H,11,13). The highest BCUT2D eigenvalue weighted by Crippen LogP contribution is 2.24. The van der Waals surface area contributed by atoms with E-state index in [-0.39, 0.29) is 17.5 Å². The van der Waals surface area contributed by atoms with Crippen LogP contribution in [0.3, 0.4) is 0 Å². The highest BCUT2D eigenvalue weighted by atomic mass is 16.1. The molecule has 1 atom stereocenters. The molecule has 0 aromatic carbocycles. The first-order valence-electron chi connectivity index (χ1n) is 4.43. The number of hydrogen-bond acceptors (Lipinski definition) is 3. The van der Waals surface area contributed by atoms with E-state index in [9.17, 15) is 9.59 Å². The van der Waals surface area contributed by atoms with Crippen LogP contribution in [-0.2, 0) is 4.79 Å². The number of carbonyl (C=O) groups excluding carboxylic acids is 1. The zero-order chi connectivity index (χ0) is 10.1. The topological polar surface area (TPSA) is 79.2 Å². The summed E-state index contributed by atoms with van der Waals surface area (Å²) in [5.41, 5.74) is 5.78. The lowest BCUT2D eigenvalue weighted by Crippen LogP contribution is -2.55. The molecule has 3 N–H and O–H groups in total. The second kappa shape index (κ2) is 3.17. The van der Waals surface area contributed by atoms with Crippen LogP contribution in [0.15, 0.2) is 23.1 Å². The molecule has 0 spiro atoms. The third kappa shape index (κ3) is 1.37. The number of primary amides is 1. The zero-order valence-electron chi connectivity index (χ0n) is 7.56. The van der Waals surface area contributed by atoms with Crippen LogP contribution in [0.25, 0.3) is 0 Å². The number of anilines is 1. The SMILES string of the molecule is NC(=O)C1CCN1c1cc[nH]c(=O)c1. The summed E-state index contributed by atoms with van der Waals surface area (Å²) in [4.78, 5) is 26.3. The van der Waals surface area contributed by atoms with E-state index in [2.05, 4.69) is 4.98 Å². The van der Waals surface area contributed by atoms with Gasteiger partial charge >= 0.3 is 0 Å². The van der Waals surface area contributed by atoms with E-state index in [1.807, 2.05) is 4.90 Å². The van der Waals surface area contributed by atoms with E-state index in [4.69, 9.17) is 5.73 Å². The smallest absolute Gasteiger partial charge is 0.249 e. The molecule has 0 bridgehead atoms. The first-order chi connectivity index (χ1) is 6.68. The van der Waals surface area contributed by atoms with Crippen LogP contribution in [0.1, 0.15) is 6.42 Å². The van der Waals surface area contributed by atoms with E-state index in [1.54, 1.807) is 12.3 Å². The summed E-state index contributed by atoms with van der Waals surface area (Å²) in [5.74, 6) is -0.337. The van der Waals surface area contributed by atoms with Crippen molar-refractivity contribution in [1.29, 1.82) is 0 Å². The van der Waals surface area contributed by atoms with Crippen molar-refractivity contribution in [2.45, 2.75) is 12.5 Å². The van der Waals surface area contributed by atoms with Gasteiger partial charge in [0.1, 0.15) is 6.04 Å². The molecule has 0 aliphatic carbocycles. The minimum absolute atomic E-state index is 0.169. The Hall–Kier alpha value is -1.78. The summed E-state index contributed by atoms with van der Waals surface area (Å²) < 4.78 is 0. The van der Waals surface area contributed by atoms with Crippen molar-refractivity contribution in [2.24, 2.45) is 5.73 Å². The second-order valence-corrected chi connectivity index (χ2v) is 3.31. The van der Waals surface area contributed by atoms with Gasteiger partial charge in [0, 0.05) is 24.5 Å². The number of nitrogens with zero attached hydrogens (tertiary/aromatic N) is 1. The molecule has 14 heavy (non-hydrogen) atoms. The average molecular weight is 193 g/mol. The Bertz CT molecular complexity index is 413. The normalized spacial score (nSPS) is 20.3. The number of pyridine rings is 1. The zero-order valence-corrected chi connectivity index (χ0v) is 7.56. The molecule has 1 aromatic heterocycles. The third-order valence-corrected chi connectivity index (χ3v) is 2.44. The van der Waals surface area contributed by atoms with E-state index in [0.717, 1.165) is 18.7 Å². The Morgan fingerprint density at radius 1 is 1.64 bits per heavy atom. The lowest BCUT2D eigenvalue weighted by molar-refractivity contribution is -0.120. The predicted molar refractivity (Wildman–Crippen MR) is 52.0 cm³/mol. The van der Waals surface area contributed by atoms with Gasteiger partial charge in [-0.1, -0.05) is 0 Å². The van der Waals surface area contributed by atoms with E-state index in [0.29, 0.717) is 0 Å². The molecule has 1 aliphatic heterocycles. The molecule has 2 rings (SSSR count). The lowest BCUT2D eigenvalue weighted by Gasteiger charge is -2.40. The highest BCUT2D eigenvalue weighted by molar-refractivity contribution is 5.85. The highest BCUT2D eigenvalue weighted by Gasteiger charge is 2.32. The summed E-state index contributed by atoms with van der Waals surface area (Å²) in [6, 6.07) is 2.97.